The van der Waals surface area contributed by atoms with Gasteiger partial charge in [0.15, 0.2) is 0 Å². The van der Waals surface area contributed by atoms with Gasteiger partial charge in [-0.2, -0.15) is 0 Å². The zero-order valence-electron chi connectivity index (χ0n) is 21.1. The van der Waals surface area contributed by atoms with Crippen LogP contribution in [0.5, 0.6) is 11.5 Å². The molecule has 4 aromatic carbocycles. The van der Waals surface area contributed by atoms with Gasteiger partial charge in [-0.3, -0.25) is 0 Å². The van der Waals surface area contributed by atoms with E-state index in [1.54, 1.807) is 26.4 Å². The van der Waals surface area contributed by atoms with E-state index in [0.29, 0.717) is 11.3 Å². The second-order valence-electron chi connectivity index (χ2n) is 7.96. The van der Waals surface area contributed by atoms with E-state index in [1.807, 2.05) is 44.2 Å². The summed E-state index contributed by atoms with van der Waals surface area (Å²) >= 11 is 10.2. The van der Waals surface area contributed by atoms with Crippen molar-refractivity contribution in [3.8, 4) is 22.6 Å². The Balaban J connectivity index is 0.000000303. The Morgan fingerprint density at radius 3 is 1.51 bits per heavy atom. The van der Waals surface area contributed by atoms with Crippen LogP contribution in [-0.2, 0) is 0 Å². The minimum atomic E-state index is -1.72. The average Bonchev–Trinajstić information content (AvgIpc) is 2.84. The number of rotatable bonds is 4. The molecule has 39 heavy (non-hydrogen) atoms. The summed E-state index contributed by atoms with van der Waals surface area (Å²) in [4.78, 5) is 0. The number of hydrogen-bond donors (Lipinski definition) is 2. The van der Waals surface area contributed by atoms with Crippen LogP contribution in [0.1, 0.15) is 18.6 Å². The van der Waals surface area contributed by atoms with E-state index in [4.69, 9.17) is 19.5 Å². The van der Waals surface area contributed by atoms with Gasteiger partial charge in [-0.05, 0) is 109 Å². The topological polar surface area (TPSA) is 58.9 Å². The predicted octanol–water partition coefficient (Wildman–Crippen LogP) is 8.24. The Kier molecular flexibility index (Phi) is 15.0. The second kappa shape index (κ2) is 16.8. The normalized spacial score (nSPS) is 9.72. The molecule has 0 saturated heterocycles. The van der Waals surface area contributed by atoms with Crippen molar-refractivity contribution >= 4 is 60.4 Å². The van der Waals surface area contributed by atoms with Gasteiger partial charge in [0.1, 0.15) is 23.1 Å². The summed E-state index contributed by atoms with van der Waals surface area (Å²) in [6.07, 6.45) is 0. The molecule has 0 aliphatic carbocycles. The zero-order chi connectivity index (χ0) is 28.4. The summed E-state index contributed by atoms with van der Waals surface area (Å²) in [5.41, 5.74) is 3.47. The molecule has 0 radical (unpaired) electrons. The van der Waals surface area contributed by atoms with Gasteiger partial charge in [-0.1, -0.05) is 43.8 Å². The van der Waals surface area contributed by atoms with E-state index in [-0.39, 0.29) is 18.7 Å². The van der Waals surface area contributed by atoms with Gasteiger partial charge in [0.2, 0.25) is 0 Å². The first kappa shape index (κ1) is 34.8. The van der Waals surface area contributed by atoms with Gasteiger partial charge < -0.3 is 19.5 Å². The standard InChI is InChI=1S/C14H12BrFO.C8H8Br2O.C6H6BFO2.CH4/c1-9-7-11(14(17-2)12(15)8-9)10-5-3-4-6-13(10)16;1-5-3-6(9)8(11-2)7(10)4-5;8-6-4-2-1-3-5(6)7(9)10;/h3-8H,1-2H3;3-4H,1-2H3;1-4,9-10H;1H4. The highest BCUT2D eigenvalue weighted by molar-refractivity contribution is 9.11. The second-order valence-corrected chi connectivity index (χ2v) is 10.5. The Labute approximate surface area is 254 Å². The minimum absolute atomic E-state index is 0. The first-order valence-corrected chi connectivity index (χ1v) is 13.6. The van der Waals surface area contributed by atoms with Gasteiger partial charge >= 0.3 is 7.12 Å². The highest BCUT2D eigenvalue weighted by atomic mass is 79.9. The van der Waals surface area contributed by atoms with E-state index in [1.165, 1.54) is 35.9 Å². The molecule has 208 valence electrons. The molecule has 4 nitrogen and oxygen atoms in total. The van der Waals surface area contributed by atoms with Crippen molar-refractivity contribution in [2.45, 2.75) is 21.3 Å². The molecule has 0 spiro atoms. The maximum atomic E-state index is 13.8. The van der Waals surface area contributed by atoms with E-state index in [2.05, 4.69) is 47.8 Å². The maximum absolute atomic E-state index is 13.8. The molecule has 0 amide bonds. The molecule has 0 aliphatic rings. The summed E-state index contributed by atoms with van der Waals surface area (Å²) in [6.45, 7) is 4.00. The van der Waals surface area contributed by atoms with Crippen LogP contribution in [0.4, 0.5) is 8.78 Å². The van der Waals surface area contributed by atoms with Crippen molar-refractivity contribution in [3.63, 3.8) is 0 Å². The Morgan fingerprint density at radius 2 is 1.08 bits per heavy atom. The monoisotopic (exact) mass is 728 g/mol. The van der Waals surface area contributed by atoms with Crippen molar-refractivity contribution < 1.29 is 28.3 Å². The van der Waals surface area contributed by atoms with Gasteiger partial charge in [0.25, 0.3) is 0 Å². The summed E-state index contributed by atoms with van der Waals surface area (Å²) in [7, 11) is 1.51. The van der Waals surface area contributed by atoms with Gasteiger partial charge in [-0.25, -0.2) is 8.78 Å². The SMILES string of the molecule is C.COc1c(Br)cc(C)cc1-c1ccccc1F.COc1c(Br)cc(C)cc1Br.OB(O)c1ccccc1F. The molecule has 0 aliphatic heterocycles. The summed E-state index contributed by atoms with van der Waals surface area (Å²) in [6, 6.07) is 20.1. The van der Waals surface area contributed by atoms with Crippen LogP contribution < -0.4 is 14.9 Å². The fourth-order valence-electron chi connectivity index (χ4n) is 3.38. The quantitative estimate of drug-likeness (QED) is 0.208. The highest BCUT2D eigenvalue weighted by Gasteiger charge is 2.15. The lowest BCUT2D eigenvalue weighted by molar-refractivity contribution is 0.409. The van der Waals surface area contributed by atoms with Crippen molar-refractivity contribution in [1.29, 1.82) is 0 Å². The fraction of sp³-hybridized carbons (Fsp3) is 0.172. The Morgan fingerprint density at radius 1 is 0.641 bits per heavy atom. The Bertz CT molecular complexity index is 1350. The third-order valence-corrected chi connectivity index (χ3v) is 6.85. The molecule has 4 aromatic rings. The van der Waals surface area contributed by atoms with Gasteiger partial charge in [-0.15, -0.1) is 0 Å². The molecule has 0 saturated carbocycles. The summed E-state index contributed by atoms with van der Waals surface area (Å²) in [5.74, 6) is 0.650. The number of halogens is 5. The van der Waals surface area contributed by atoms with Crippen LogP contribution in [-0.4, -0.2) is 31.4 Å². The van der Waals surface area contributed by atoms with Crippen molar-refractivity contribution in [3.05, 3.63) is 109 Å². The lowest BCUT2D eigenvalue weighted by Gasteiger charge is -2.12. The van der Waals surface area contributed by atoms with Crippen LogP contribution >= 0.6 is 47.8 Å². The molecule has 2 N–H and O–H groups in total. The smallest absolute Gasteiger partial charge is 0.491 e. The summed E-state index contributed by atoms with van der Waals surface area (Å²) in [5, 5.41) is 17.0. The number of methoxy groups -OCH3 is 2. The van der Waals surface area contributed by atoms with Crippen LogP contribution in [0.2, 0.25) is 0 Å². The highest BCUT2D eigenvalue weighted by Crippen LogP contribution is 2.38. The maximum Gasteiger partial charge on any atom is 0.491 e. The van der Waals surface area contributed by atoms with Gasteiger partial charge in [0.05, 0.1) is 27.6 Å². The average molecular weight is 731 g/mol. The third kappa shape index (κ3) is 10.0. The lowest BCUT2D eigenvalue weighted by Crippen LogP contribution is -2.32. The first-order valence-electron chi connectivity index (χ1n) is 11.2. The van der Waals surface area contributed by atoms with E-state index >= 15 is 0 Å². The molecule has 4 rings (SSSR count). The largest absolute Gasteiger partial charge is 0.495 e. The van der Waals surface area contributed by atoms with Gasteiger partial charge in [0, 0.05) is 16.6 Å². The minimum Gasteiger partial charge on any atom is -0.495 e. The molecule has 0 unspecified atom stereocenters. The zero-order valence-corrected chi connectivity index (χ0v) is 25.9. The fourth-order valence-corrected chi connectivity index (χ4v) is 5.86. The molecule has 10 heteroatoms. The first-order chi connectivity index (χ1) is 18.0. The van der Waals surface area contributed by atoms with Crippen molar-refractivity contribution in [1.82, 2.24) is 0 Å². The van der Waals surface area contributed by atoms with Crippen molar-refractivity contribution in [2.75, 3.05) is 14.2 Å². The van der Waals surface area contributed by atoms with E-state index in [0.717, 1.165) is 30.3 Å². The molecule has 0 aromatic heterocycles. The summed E-state index contributed by atoms with van der Waals surface area (Å²) < 4.78 is 39.6. The molecule has 0 bridgehead atoms. The Hall–Kier alpha value is -2.24. The number of ether oxygens (including phenoxy) is 2. The number of benzene rings is 4. The van der Waals surface area contributed by atoms with Crippen LogP contribution in [0.25, 0.3) is 11.1 Å². The molecular weight excluding hydrogens is 701 g/mol. The number of hydrogen-bond acceptors (Lipinski definition) is 4. The molecule has 0 heterocycles. The third-order valence-electron chi connectivity index (χ3n) is 5.09. The molecular formula is C29H30BBr3F2O4. The molecule has 0 fully saturated rings. The number of aryl methyl sites for hydroxylation is 2. The van der Waals surface area contributed by atoms with Crippen LogP contribution in [0.15, 0.2) is 86.2 Å². The molecule has 0 atom stereocenters. The van der Waals surface area contributed by atoms with Crippen molar-refractivity contribution in [2.24, 2.45) is 0 Å². The van der Waals surface area contributed by atoms with E-state index < -0.39 is 12.9 Å². The lowest BCUT2D eigenvalue weighted by atomic mass is 9.80. The van der Waals surface area contributed by atoms with Crippen LogP contribution in [0, 0.1) is 25.5 Å². The van der Waals surface area contributed by atoms with E-state index in [9.17, 15) is 8.78 Å². The predicted molar refractivity (Wildman–Crippen MR) is 167 cm³/mol. The van der Waals surface area contributed by atoms with Crippen LogP contribution in [0.3, 0.4) is 0 Å².